The highest BCUT2D eigenvalue weighted by atomic mass is 32.1. The molecule has 11 heavy (non-hydrogen) atoms. The fourth-order valence-electron chi connectivity index (χ4n) is 0.960. The van der Waals surface area contributed by atoms with Gasteiger partial charge in [-0.2, -0.15) is 0 Å². The quantitative estimate of drug-likeness (QED) is 0.586. The molecule has 1 nitrogen and oxygen atoms in total. The molecule has 0 spiro atoms. The molecule has 0 fully saturated rings. The van der Waals surface area contributed by atoms with Crippen molar-refractivity contribution in [1.82, 2.24) is 4.98 Å². The van der Waals surface area contributed by atoms with Crippen molar-refractivity contribution in [1.29, 1.82) is 0 Å². The predicted octanol–water partition coefficient (Wildman–Crippen LogP) is 2.54. The van der Waals surface area contributed by atoms with E-state index in [2.05, 4.69) is 11.1 Å². The summed E-state index contributed by atoms with van der Waals surface area (Å²) in [5, 5.41) is 0.957. The molecule has 0 saturated heterocycles. The van der Waals surface area contributed by atoms with Gasteiger partial charge in [0.1, 0.15) is 5.82 Å². The zero-order valence-corrected chi connectivity index (χ0v) is 6.70. The van der Waals surface area contributed by atoms with E-state index >= 15 is 0 Å². The summed E-state index contributed by atoms with van der Waals surface area (Å²) < 4.78 is 13.5. The summed E-state index contributed by atoms with van der Waals surface area (Å²) in [4.78, 5) is 4.17. The Balaban J connectivity index is 2.82. The Labute approximate surface area is 67.5 Å². The number of thiazole rings is 1. The first kappa shape index (κ1) is 6.73. The van der Waals surface area contributed by atoms with E-state index in [1.165, 1.54) is 17.4 Å². The third-order valence-electron chi connectivity index (χ3n) is 1.39. The van der Waals surface area contributed by atoms with Gasteiger partial charge in [-0.15, -0.1) is 11.3 Å². The van der Waals surface area contributed by atoms with E-state index in [4.69, 9.17) is 0 Å². The highest BCUT2D eigenvalue weighted by Crippen LogP contribution is 2.21. The summed E-state index contributed by atoms with van der Waals surface area (Å²) in [5.74, 6) is -0.318. The molecule has 55 valence electrons. The smallest absolute Gasteiger partial charge is 0.132 e. The minimum absolute atomic E-state index is 0.318. The normalized spacial score (nSPS) is 10.7. The molecule has 0 unspecified atom stereocenters. The van der Waals surface area contributed by atoms with Crippen molar-refractivity contribution >= 4 is 21.6 Å². The van der Waals surface area contributed by atoms with E-state index in [0.29, 0.717) is 0 Å². The molecule has 1 radical (unpaired) electrons. The van der Waals surface area contributed by atoms with Gasteiger partial charge in [0.2, 0.25) is 0 Å². The first-order valence-electron chi connectivity index (χ1n) is 3.20. The van der Waals surface area contributed by atoms with Crippen LogP contribution >= 0.6 is 11.3 Å². The molecular weight excluding hydrogens is 161 g/mol. The van der Waals surface area contributed by atoms with Crippen LogP contribution in [0.2, 0.25) is 0 Å². The molecule has 3 heteroatoms. The minimum atomic E-state index is -0.318. The van der Waals surface area contributed by atoms with Crippen molar-refractivity contribution in [2.45, 2.75) is 6.92 Å². The fraction of sp³-hybridized carbons (Fsp3) is 0.125. The topological polar surface area (TPSA) is 12.9 Å². The summed E-state index contributed by atoms with van der Waals surface area (Å²) >= 11 is 1.50. The highest BCUT2D eigenvalue weighted by molar-refractivity contribution is 7.18. The van der Waals surface area contributed by atoms with Crippen LogP contribution in [0.1, 0.15) is 5.01 Å². The van der Waals surface area contributed by atoms with E-state index < -0.39 is 0 Å². The average Bonchev–Trinajstić information content (AvgIpc) is 2.27. The van der Waals surface area contributed by atoms with E-state index in [0.717, 1.165) is 15.2 Å². The number of halogens is 1. The molecule has 2 aromatic rings. The van der Waals surface area contributed by atoms with Gasteiger partial charge in [-0.3, -0.25) is 0 Å². The van der Waals surface area contributed by atoms with Gasteiger partial charge in [-0.1, -0.05) is 0 Å². The molecule has 0 amide bonds. The van der Waals surface area contributed by atoms with Crippen molar-refractivity contribution in [2.24, 2.45) is 0 Å². The lowest BCUT2D eigenvalue weighted by Gasteiger charge is -1.84. The third-order valence-corrected chi connectivity index (χ3v) is 2.33. The first-order valence-corrected chi connectivity index (χ1v) is 4.02. The Hall–Kier alpha value is -0.960. The molecule has 1 heterocycles. The monoisotopic (exact) mass is 166 g/mol. The SMILES string of the molecule is Cc1nc2c[c]c(F)cc2s1. The second-order valence-corrected chi connectivity index (χ2v) is 3.50. The molecule has 0 aliphatic heterocycles. The number of fused-ring (bicyclic) bond motifs is 1. The molecular formula is C8H5FNS. The summed E-state index contributed by atoms with van der Waals surface area (Å²) in [6.07, 6.45) is 0. The number of hydrogen-bond donors (Lipinski definition) is 0. The van der Waals surface area contributed by atoms with Gasteiger partial charge in [0.05, 0.1) is 15.2 Å². The van der Waals surface area contributed by atoms with Crippen LogP contribution in [0.15, 0.2) is 12.1 Å². The average molecular weight is 166 g/mol. The number of aromatic nitrogens is 1. The van der Waals surface area contributed by atoms with Crippen molar-refractivity contribution < 1.29 is 4.39 Å². The van der Waals surface area contributed by atoms with Crippen LogP contribution in [0.25, 0.3) is 10.2 Å². The second-order valence-electron chi connectivity index (χ2n) is 2.26. The van der Waals surface area contributed by atoms with Gasteiger partial charge >= 0.3 is 0 Å². The molecule has 1 aromatic heterocycles. The summed E-state index contributed by atoms with van der Waals surface area (Å²) in [6.45, 7) is 1.91. The summed E-state index contributed by atoms with van der Waals surface area (Å²) in [5.41, 5.74) is 0.828. The van der Waals surface area contributed by atoms with Crippen LogP contribution in [0, 0.1) is 18.8 Å². The molecule has 0 bridgehead atoms. The van der Waals surface area contributed by atoms with Crippen LogP contribution in [-0.2, 0) is 0 Å². The van der Waals surface area contributed by atoms with E-state index in [1.807, 2.05) is 6.92 Å². The Morgan fingerprint density at radius 2 is 2.45 bits per heavy atom. The number of benzene rings is 1. The summed E-state index contributed by atoms with van der Waals surface area (Å²) in [6, 6.07) is 5.50. The van der Waals surface area contributed by atoms with Crippen molar-refractivity contribution in [3.63, 3.8) is 0 Å². The van der Waals surface area contributed by atoms with Gasteiger partial charge in [0.25, 0.3) is 0 Å². The molecule has 0 N–H and O–H groups in total. The lowest BCUT2D eigenvalue weighted by molar-refractivity contribution is 0.627. The van der Waals surface area contributed by atoms with E-state index in [1.54, 1.807) is 6.07 Å². The Morgan fingerprint density at radius 3 is 3.27 bits per heavy atom. The van der Waals surface area contributed by atoms with Crippen molar-refractivity contribution in [2.75, 3.05) is 0 Å². The number of nitrogens with zero attached hydrogens (tertiary/aromatic N) is 1. The van der Waals surface area contributed by atoms with Crippen LogP contribution in [0.4, 0.5) is 4.39 Å². The lowest BCUT2D eigenvalue weighted by Crippen LogP contribution is -1.72. The number of aryl methyl sites for hydroxylation is 1. The molecule has 0 aliphatic rings. The number of rotatable bonds is 0. The van der Waals surface area contributed by atoms with E-state index in [-0.39, 0.29) is 5.82 Å². The maximum Gasteiger partial charge on any atom is 0.132 e. The van der Waals surface area contributed by atoms with Crippen LogP contribution in [0.3, 0.4) is 0 Å². The largest absolute Gasteiger partial charge is 0.241 e. The molecule has 0 saturated carbocycles. The Bertz CT molecular complexity index is 394. The van der Waals surface area contributed by atoms with Gasteiger partial charge in [0.15, 0.2) is 0 Å². The van der Waals surface area contributed by atoms with Crippen molar-refractivity contribution in [3.8, 4) is 0 Å². The predicted molar refractivity (Wildman–Crippen MR) is 43.2 cm³/mol. The van der Waals surface area contributed by atoms with Gasteiger partial charge in [0, 0.05) is 6.07 Å². The zero-order valence-electron chi connectivity index (χ0n) is 5.89. The highest BCUT2D eigenvalue weighted by Gasteiger charge is 2.00. The van der Waals surface area contributed by atoms with Crippen molar-refractivity contribution in [3.05, 3.63) is 29.0 Å². The summed E-state index contributed by atoms with van der Waals surface area (Å²) in [7, 11) is 0. The fourth-order valence-corrected chi connectivity index (χ4v) is 1.79. The van der Waals surface area contributed by atoms with Crippen LogP contribution in [0.5, 0.6) is 0 Å². The second kappa shape index (κ2) is 2.27. The van der Waals surface area contributed by atoms with Crippen LogP contribution in [-0.4, -0.2) is 4.98 Å². The molecule has 2 rings (SSSR count). The Kier molecular flexibility index (Phi) is 1.39. The minimum Gasteiger partial charge on any atom is -0.241 e. The zero-order chi connectivity index (χ0) is 7.84. The maximum atomic E-state index is 12.6. The molecule has 0 atom stereocenters. The molecule has 0 aliphatic carbocycles. The standard InChI is InChI=1S/C8H5FNS/c1-5-10-7-3-2-6(9)4-8(7)11-5/h3-4H,1H3. The Morgan fingerprint density at radius 1 is 1.64 bits per heavy atom. The first-order chi connectivity index (χ1) is 5.25. The number of hydrogen-bond acceptors (Lipinski definition) is 2. The van der Waals surface area contributed by atoms with E-state index in [9.17, 15) is 4.39 Å². The molecule has 1 aromatic carbocycles. The van der Waals surface area contributed by atoms with Gasteiger partial charge in [-0.25, -0.2) is 9.37 Å². The maximum absolute atomic E-state index is 12.6. The van der Waals surface area contributed by atoms with Crippen LogP contribution < -0.4 is 0 Å². The third kappa shape index (κ3) is 1.12. The van der Waals surface area contributed by atoms with Gasteiger partial charge < -0.3 is 0 Å². The lowest BCUT2D eigenvalue weighted by atomic mass is 10.3. The van der Waals surface area contributed by atoms with Gasteiger partial charge in [-0.05, 0) is 19.1 Å².